The summed E-state index contributed by atoms with van der Waals surface area (Å²) >= 11 is 2.72. The number of benzene rings is 1. The van der Waals surface area contributed by atoms with Gasteiger partial charge in [0.15, 0.2) is 11.6 Å². The van der Waals surface area contributed by atoms with Crippen LogP contribution in [0.15, 0.2) is 10.5 Å². The van der Waals surface area contributed by atoms with E-state index in [2.05, 4.69) is 21.2 Å². The Morgan fingerprint density at radius 3 is 2.73 bits per heavy atom. The molecule has 0 aliphatic carbocycles. The summed E-state index contributed by atoms with van der Waals surface area (Å²) in [4.78, 5) is 11.3. The maximum absolute atomic E-state index is 13.4. The molecule has 0 heterocycles. The molecule has 1 aromatic rings. The van der Waals surface area contributed by atoms with Crippen LogP contribution < -0.4 is 5.32 Å². The number of rotatable bonds is 3. The van der Waals surface area contributed by atoms with E-state index in [1.54, 1.807) is 0 Å². The minimum atomic E-state index is -1.09. The Morgan fingerprint density at radius 2 is 2.20 bits per heavy atom. The van der Waals surface area contributed by atoms with Gasteiger partial charge < -0.3 is 10.4 Å². The molecule has 0 aromatic heterocycles. The van der Waals surface area contributed by atoms with Gasteiger partial charge in [-0.15, -0.1) is 0 Å². The Kier molecular flexibility index (Phi) is 3.76. The van der Waals surface area contributed by atoms with Crippen molar-refractivity contribution in [3.63, 3.8) is 0 Å². The van der Waals surface area contributed by atoms with E-state index in [0.717, 1.165) is 0 Å². The summed E-state index contributed by atoms with van der Waals surface area (Å²) in [6, 6.07) is 0.691. The third-order valence-electron chi connectivity index (χ3n) is 1.76. The van der Waals surface area contributed by atoms with Crippen molar-refractivity contribution in [2.75, 3.05) is 13.6 Å². The molecule has 0 unspecified atom stereocenters. The number of hydrogen-bond donors (Lipinski definition) is 2. The number of phenolic OH excluding ortho intramolecular Hbond substituents is 1. The molecule has 82 valence electrons. The lowest BCUT2D eigenvalue weighted by molar-refractivity contribution is 0.0985. The SMILES string of the molecule is CNCC(=O)c1c(F)cc(O)c(Br)c1F. The van der Waals surface area contributed by atoms with Crippen LogP contribution in [-0.2, 0) is 0 Å². The monoisotopic (exact) mass is 279 g/mol. The molecular formula is C9H8BrF2NO2. The van der Waals surface area contributed by atoms with Crippen LogP contribution in [0, 0.1) is 11.6 Å². The van der Waals surface area contributed by atoms with E-state index in [9.17, 15) is 13.6 Å². The fourth-order valence-electron chi connectivity index (χ4n) is 1.09. The highest BCUT2D eigenvalue weighted by molar-refractivity contribution is 9.10. The molecule has 0 amide bonds. The minimum Gasteiger partial charge on any atom is -0.507 e. The number of Topliss-reactive ketones (excluding diaryl/α,β-unsaturated/α-hetero) is 1. The number of phenols is 1. The van der Waals surface area contributed by atoms with Crippen molar-refractivity contribution in [1.29, 1.82) is 0 Å². The second-order valence-corrected chi connectivity index (χ2v) is 3.63. The van der Waals surface area contributed by atoms with E-state index in [-0.39, 0.29) is 11.0 Å². The molecule has 0 saturated carbocycles. The van der Waals surface area contributed by atoms with Gasteiger partial charge in [0, 0.05) is 6.07 Å². The van der Waals surface area contributed by atoms with Crippen molar-refractivity contribution < 1.29 is 18.7 Å². The average molecular weight is 280 g/mol. The Hall–Kier alpha value is -1.01. The predicted octanol–water partition coefficient (Wildman–Crippen LogP) is 1.83. The van der Waals surface area contributed by atoms with Gasteiger partial charge in [0.05, 0.1) is 16.6 Å². The highest BCUT2D eigenvalue weighted by Crippen LogP contribution is 2.30. The van der Waals surface area contributed by atoms with Gasteiger partial charge in [-0.25, -0.2) is 8.78 Å². The minimum absolute atomic E-state index is 0.176. The predicted molar refractivity (Wildman–Crippen MR) is 54.0 cm³/mol. The number of nitrogens with one attached hydrogen (secondary N) is 1. The number of carbonyl (C=O) groups is 1. The standard InChI is InChI=1S/C9H8BrF2NO2/c1-13-3-6(15)7-4(11)2-5(14)8(10)9(7)12/h2,13-14H,3H2,1H3. The highest BCUT2D eigenvalue weighted by atomic mass is 79.9. The molecule has 1 rings (SSSR count). The van der Waals surface area contributed by atoms with Crippen LogP contribution >= 0.6 is 15.9 Å². The topological polar surface area (TPSA) is 49.3 Å². The average Bonchev–Trinajstić information content (AvgIpc) is 2.15. The van der Waals surface area contributed by atoms with Crippen molar-refractivity contribution >= 4 is 21.7 Å². The summed E-state index contributed by atoms with van der Waals surface area (Å²) < 4.78 is 26.3. The van der Waals surface area contributed by atoms with E-state index in [1.807, 2.05) is 0 Å². The molecule has 15 heavy (non-hydrogen) atoms. The second-order valence-electron chi connectivity index (χ2n) is 2.83. The Bertz CT molecular complexity index is 410. The molecule has 0 saturated heterocycles. The lowest BCUT2D eigenvalue weighted by Crippen LogP contribution is -2.21. The summed E-state index contributed by atoms with van der Waals surface area (Å²) in [6.07, 6.45) is 0. The number of likely N-dealkylation sites (N-methyl/N-ethyl adjacent to an activating group) is 1. The zero-order valence-electron chi connectivity index (χ0n) is 7.77. The quantitative estimate of drug-likeness (QED) is 0.656. The molecule has 0 aliphatic heterocycles. The van der Waals surface area contributed by atoms with E-state index in [0.29, 0.717) is 6.07 Å². The highest BCUT2D eigenvalue weighted by Gasteiger charge is 2.21. The zero-order chi connectivity index (χ0) is 11.6. The number of aromatic hydroxyl groups is 1. The van der Waals surface area contributed by atoms with E-state index in [4.69, 9.17) is 5.11 Å². The number of ketones is 1. The van der Waals surface area contributed by atoms with Crippen LogP contribution in [0.25, 0.3) is 0 Å². The maximum Gasteiger partial charge on any atom is 0.182 e. The second kappa shape index (κ2) is 4.67. The fourth-order valence-corrected chi connectivity index (χ4v) is 1.40. The van der Waals surface area contributed by atoms with Gasteiger partial charge in [-0.2, -0.15) is 0 Å². The first-order valence-electron chi connectivity index (χ1n) is 4.03. The Morgan fingerprint density at radius 1 is 1.60 bits per heavy atom. The van der Waals surface area contributed by atoms with Crippen molar-refractivity contribution in [2.45, 2.75) is 0 Å². The lowest BCUT2D eigenvalue weighted by atomic mass is 10.1. The summed E-state index contributed by atoms with van der Waals surface area (Å²) in [5, 5.41) is 11.6. The summed E-state index contributed by atoms with van der Waals surface area (Å²) in [6.45, 7) is -0.176. The molecule has 6 heteroatoms. The number of hydrogen-bond acceptors (Lipinski definition) is 3. The van der Waals surface area contributed by atoms with Crippen LogP contribution in [0.1, 0.15) is 10.4 Å². The smallest absolute Gasteiger partial charge is 0.182 e. The first kappa shape index (κ1) is 12.1. The molecule has 1 aromatic carbocycles. The largest absolute Gasteiger partial charge is 0.507 e. The molecule has 0 bridgehead atoms. The van der Waals surface area contributed by atoms with Crippen molar-refractivity contribution in [2.24, 2.45) is 0 Å². The number of carbonyl (C=O) groups excluding carboxylic acids is 1. The normalized spacial score (nSPS) is 10.4. The van der Waals surface area contributed by atoms with Gasteiger partial charge in [-0.05, 0) is 23.0 Å². The summed E-state index contributed by atoms with van der Waals surface area (Å²) in [5.41, 5.74) is -0.658. The third-order valence-corrected chi connectivity index (χ3v) is 2.51. The van der Waals surface area contributed by atoms with Gasteiger partial charge in [0.1, 0.15) is 11.6 Å². The van der Waals surface area contributed by atoms with Gasteiger partial charge in [-0.1, -0.05) is 0 Å². The Balaban J connectivity index is 3.29. The molecular weight excluding hydrogens is 272 g/mol. The Labute approximate surface area is 93.2 Å². The third kappa shape index (κ3) is 2.32. The zero-order valence-corrected chi connectivity index (χ0v) is 9.36. The molecule has 0 aliphatic rings. The van der Waals surface area contributed by atoms with Crippen LogP contribution in [0.2, 0.25) is 0 Å². The van der Waals surface area contributed by atoms with Crippen molar-refractivity contribution in [3.05, 3.63) is 27.7 Å². The first-order chi connectivity index (χ1) is 6.99. The van der Waals surface area contributed by atoms with Crippen molar-refractivity contribution in [1.82, 2.24) is 5.32 Å². The van der Waals surface area contributed by atoms with Crippen molar-refractivity contribution in [3.8, 4) is 5.75 Å². The molecule has 0 spiro atoms. The van der Waals surface area contributed by atoms with Gasteiger partial charge >= 0.3 is 0 Å². The molecule has 0 fully saturated rings. The van der Waals surface area contributed by atoms with E-state index in [1.165, 1.54) is 7.05 Å². The van der Waals surface area contributed by atoms with Gasteiger partial charge in [0.25, 0.3) is 0 Å². The molecule has 3 nitrogen and oxygen atoms in total. The van der Waals surface area contributed by atoms with Gasteiger partial charge in [-0.3, -0.25) is 4.79 Å². The number of halogens is 3. The molecule has 0 atom stereocenters. The molecule has 0 radical (unpaired) electrons. The first-order valence-corrected chi connectivity index (χ1v) is 4.82. The summed E-state index contributed by atoms with van der Waals surface area (Å²) in [5.74, 6) is -3.46. The fraction of sp³-hybridized carbons (Fsp3) is 0.222. The van der Waals surface area contributed by atoms with Gasteiger partial charge in [0.2, 0.25) is 0 Å². The van der Waals surface area contributed by atoms with Crippen LogP contribution in [0.4, 0.5) is 8.78 Å². The van der Waals surface area contributed by atoms with Crippen LogP contribution in [-0.4, -0.2) is 24.5 Å². The van der Waals surface area contributed by atoms with Crippen LogP contribution in [0.3, 0.4) is 0 Å². The van der Waals surface area contributed by atoms with E-state index < -0.39 is 28.7 Å². The molecule has 2 N–H and O–H groups in total. The van der Waals surface area contributed by atoms with Crippen LogP contribution in [0.5, 0.6) is 5.75 Å². The maximum atomic E-state index is 13.4. The lowest BCUT2D eigenvalue weighted by Gasteiger charge is -2.06. The van der Waals surface area contributed by atoms with E-state index >= 15 is 0 Å². The summed E-state index contributed by atoms with van der Waals surface area (Å²) in [7, 11) is 1.49.